The zero-order valence-corrected chi connectivity index (χ0v) is 10.5. The van der Waals surface area contributed by atoms with Gasteiger partial charge < -0.3 is 16.0 Å². The predicted octanol–water partition coefficient (Wildman–Crippen LogP) is -0.199. The van der Waals surface area contributed by atoms with Gasteiger partial charge in [0.25, 0.3) is 0 Å². The van der Waals surface area contributed by atoms with E-state index in [1.165, 1.54) is 6.92 Å². The molecule has 1 rings (SSSR count). The number of hydrogen-bond donors (Lipinski definition) is 3. The molecule has 0 radical (unpaired) electrons. The molecule has 0 aliphatic carbocycles. The van der Waals surface area contributed by atoms with Crippen LogP contribution >= 0.6 is 12.4 Å². The average Bonchev–Trinajstić information content (AvgIpc) is 2.18. The van der Waals surface area contributed by atoms with E-state index >= 15 is 0 Å². The van der Waals surface area contributed by atoms with Crippen molar-refractivity contribution in [3.63, 3.8) is 0 Å². The minimum Gasteiger partial charge on any atom is -0.350 e. The summed E-state index contributed by atoms with van der Waals surface area (Å²) in [5.74, 6) is -0.293. The van der Waals surface area contributed by atoms with Gasteiger partial charge in [-0.25, -0.2) is 0 Å². The van der Waals surface area contributed by atoms with Gasteiger partial charge >= 0.3 is 0 Å². The summed E-state index contributed by atoms with van der Waals surface area (Å²) < 4.78 is 0. The Balaban J connectivity index is 0.00000225. The smallest absolute Gasteiger partial charge is 0.242 e. The van der Waals surface area contributed by atoms with Gasteiger partial charge in [-0.3, -0.25) is 9.59 Å². The van der Waals surface area contributed by atoms with Crippen molar-refractivity contribution in [3.8, 4) is 0 Å². The van der Waals surface area contributed by atoms with Crippen molar-refractivity contribution in [2.45, 2.75) is 38.8 Å². The Morgan fingerprint density at radius 3 is 2.62 bits per heavy atom. The van der Waals surface area contributed by atoms with E-state index in [0.717, 1.165) is 25.9 Å². The first kappa shape index (κ1) is 15.2. The maximum Gasteiger partial charge on any atom is 0.242 e. The number of halogens is 1. The Morgan fingerprint density at radius 1 is 1.44 bits per heavy atom. The van der Waals surface area contributed by atoms with Crippen LogP contribution in [0.25, 0.3) is 0 Å². The predicted molar refractivity (Wildman–Crippen MR) is 64.6 cm³/mol. The lowest BCUT2D eigenvalue weighted by molar-refractivity contribution is -0.128. The molecule has 5 nitrogen and oxygen atoms in total. The van der Waals surface area contributed by atoms with E-state index in [0.29, 0.717) is 0 Å². The number of piperidine rings is 1. The molecule has 0 saturated carbocycles. The first-order valence-electron chi connectivity index (χ1n) is 5.38. The Hall–Kier alpha value is -0.810. The van der Waals surface area contributed by atoms with Gasteiger partial charge in [0, 0.05) is 19.5 Å². The van der Waals surface area contributed by atoms with Crippen molar-refractivity contribution in [3.05, 3.63) is 0 Å². The maximum absolute atomic E-state index is 11.6. The van der Waals surface area contributed by atoms with Gasteiger partial charge in [0.15, 0.2) is 0 Å². The molecule has 94 valence electrons. The highest BCUT2D eigenvalue weighted by atomic mass is 35.5. The van der Waals surface area contributed by atoms with Crippen LogP contribution in [0.4, 0.5) is 0 Å². The zero-order valence-electron chi connectivity index (χ0n) is 9.71. The van der Waals surface area contributed by atoms with Crippen LogP contribution in [0, 0.1) is 0 Å². The van der Waals surface area contributed by atoms with Crippen molar-refractivity contribution >= 4 is 24.2 Å². The fourth-order valence-corrected chi connectivity index (χ4v) is 1.67. The second-order valence-electron chi connectivity index (χ2n) is 3.97. The Bertz CT molecular complexity index is 242. The van der Waals surface area contributed by atoms with Crippen molar-refractivity contribution < 1.29 is 9.59 Å². The molecule has 0 aromatic carbocycles. The van der Waals surface area contributed by atoms with Gasteiger partial charge in [0.2, 0.25) is 11.8 Å². The van der Waals surface area contributed by atoms with Crippen molar-refractivity contribution in [1.82, 2.24) is 16.0 Å². The monoisotopic (exact) mass is 249 g/mol. The lowest BCUT2D eigenvalue weighted by atomic mass is 10.1. The fraction of sp³-hybridized carbons (Fsp3) is 0.800. The molecule has 1 heterocycles. The Labute approximate surface area is 102 Å². The van der Waals surface area contributed by atoms with Gasteiger partial charge in [0.1, 0.15) is 6.04 Å². The van der Waals surface area contributed by atoms with Crippen LogP contribution in [0.2, 0.25) is 0 Å². The molecule has 0 aromatic rings. The van der Waals surface area contributed by atoms with Crippen molar-refractivity contribution in [1.29, 1.82) is 0 Å². The third-order valence-electron chi connectivity index (χ3n) is 2.46. The highest BCUT2D eigenvalue weighted by Crippen LogP contribution is 2.01. The summed E-state index contributed by atoms with van der Waals surface area (Å²) in [6.45, 7) is 4.94. The molecule has 2 amide bonds. The molecule has 16 heavy (non-hydrogen) atoms. The van der Waals surface area contributed by atoms with E-state index in [2.05, 4.69) is 16.0 Å². The fourth-order valence-electron chi connectivity index (χ4n) is 1.67. The second kappa shape index (κ2) is 7.46. The molecule has 1 saturated heterocycles. The average molecular weight is 250 g/mol. The van der Waals surface area contributed by atoms with E-state index in [9.17, 15) is 9.59 Å². The van der Waals surface area contributed by atoms with E-state index in [1.54, 1.807) is 6.92 Å². The molecule has 2 atom stereocenters. The number of carbonyl (C=O) groups excluding carboxylic acids is 2. The van der Waals surface area contributed by atoms with Crippen molar-refractivity contribution in [2.75, 3.05) is 13.1 Å². The summed E-state index contributed by atoms with van der Waals surface area (Å²) in [4.78, 5) is 22.3. The van der Waals surface area contributed by atoms with Gasteiger partial charge in [-0.05, 0) is 26.3 Å². The normalized spacial score (nSPS) is 21.5. The molecule has 3 N–H and O–H groups in total. The number of hydrogen-bond acceptors (Lipinski definition) is 3. The lowest BCUT2D eigenvalue weighted by Gasteiger charge is -2.25. The van der Waals surface area contributed by atoms with E-state index in [4.69, 9.17) is 0 Å². The molecule has 1 aliphatic heterocycles. The van der Waals surface area contributed by atoms with Gasteiger partial charge in [-0.1, -0.05) is 0 Å². The van der Waals surface area contributed by atoms with Gasteiger partial charge in [-0.2, -0.15) is 0 Å². The Kier molecular flexibility index (Phi) is 7.08. The molecule has 0 aromatic heterocycles. The summed E-state index contributed by atoms with van der Waals surface area (Å²) in [6.07, 6.45) is 2.09. The van der Waals surface area contributed by atoms with Crippen LogP contribution in [-0.4, -0.2) is 37.0 Å². The molecule has 1 fully saturated rings. The topological polar surface area (TPSA) is 70.2 Å². The highest BCUT2D eigenvalue weighted by Gasteiger charge is 2.19. The highest BCUT2D eigenvalue weighted by molar-refractivity contribution is 5.86. The molecule has 6 heteroatoms. The summed E-state index contributed by atoms with van der Waals surface area (Å²) >= 11 is 0. The summed E-state index contributed by atoms with van der Waals surface area (Å²) in [5, 5.41) is 8.69. The quantitative estimate of drug-likeness (QED) is 0.649. The third kappa shape index (κ3) is 5.32. The van der Waals surface area contributed by atoms with Crippen LogP contribution in [0.3, 0.4) is 0 Å². The number of nitrogens with one attached hydrogen (secondary N) is 3. The van der Waals surface area contributed by atoms with E-state index in [1.807, 2.05) is 0 Å². The number of carbonyl (C=O) groups is 2. The Morgan fingerprint density at radius 2 is 2.12 bits per heavy atom. The zero-order chi connectivity index (χ0) is 11.3. The minimum atomic E-state index is -0.454. The summed E-state index contributed by atoms with van der Waals surface area (Å²) in [7, 11) is 0. The van der Waals surface area contributed by atoms with Crippen LogP contribution in [0.15, 0.2) is 0 Å². The van der Waals surface area contributed by atoms with Crippen LogP contribution in [-0.2, 0) is 9.59 Å². The molecular formula is C10H20ClN3O2. The molecule has 0 bridgehead atoms. The lowest BCUT2D eigenvalue weighted by Crippen LogP contribution is -2.51. The van der Waals surface area contributed by atoms with Crippen LogP contribution in [0.1, 0.15) is 26.7 Å². The van der Waals surface area contributed by atoms with Crippen LogP contribution < -0.4 is 16.0 Å². The molecule has 1 unspecified atom stereocenters. The molecule has 1 aliphatic rings. The minimum absolute atomic E-state index is 0. The van der Waals surface area contributed by atoms with Gasteiger partial charge in [-0.15, -0.1) is 12.4 Å². The number of rotatable bonds is 3. The molecular weight excluding hydrogens is 230 g/mol. The largest absolute Gasteiger partial charge is 0.350 e. The second-order valence-corrected chi connectivity index (χ2v) is 3.97. The maximum atomic E-state index is 11.6. The standard InChI is InChI=1S/C10H19N3O2.ClH/c1-7(12-8(2)14)10(15)13-9-4-3-5-11-6-9;/h7,9,11H,3-6H2,1-2H3,(H,12,14)(H,13,15);1H/t7?,9-;/m1./s1. The first-order chi connectivity index (χ1) is 7.09. The summed E-state index contributed by atoms with van der Waals surface area (Å²) in [5.41, 5.74) is 0. The SMILES string of the molecule is CC(=O)NC(C)C(=O)N[C@@H]1CCCNC1.Cl. The van der Waals surface area contributed by atoms with E-state index < -0.39 is 6.04 Å². The molecule has 0 spiro atoms. The van der Waals surface area contributed by atoms with Gasteiger partial charge in [0.05, 0.1) is 0 Å². The summed E-state index contributed by atoms with van der Waals surface area (Å²) in [6, 6.07) is -0.258. The van der Waals surface area contributed by atoms with Crippen LogP contribution in [0.5, 0.6) is 0 Å². The van der Waals surface area contributed by atoms with Crippen molar-refractivity contribution in [2.24, 2.45) is 0 Å². The first-order valence-corrected chi connectivity index (χ1v) is 5.38. The van der Waals surface area contributed by atoms with E-state index in [-0.39, 0.29) is 30.3 Å². The third-order valence-corrected chi connectivity index (χ3v) is 2.46. The number of amides is 2.